The first-order valence-corrected chi connectivity index (χ1v) is 11.0. The molecule has 2 unspecified atom stereocenters. The van der Waals surface area contributed by atoms with Gasteiger partial charge in [-0.15, -0.1) is 0 Å². The lowest BCUT2D eigenvalue weighted by molar-refractivity contribution is -0.144. The summed E-state index contributed by atoms with van der Waals surface area (Å²) in [6.45, 7) is 2.35. The third-order valence-electron chi connectivity index (χ3n) is 5.21. The Hall–Kier alpha value is -3.98. The van der Waals surface area contributed by atoms with Crippen molar-refractivity contribution in [1.82, 2.24) is 10.3 Å². The van der Waals surface area contributed by atoms with Gasteiger partial charge in [0.15, 0.2) is 17.8 Å². The summed E-state index contributed by atoms with van der Waals surface area (Å²) in [5.41, 5.74) is 1.77. The van der Waals surface area contributed by atoms with Gasteiger partial charge in [0.1, 0.15) is 28.7 Å². The molecule has 0 amide bonds. The molecule has 1 aromatic heterocycles. The van der Waals surface area contributed by atoms with Gasteiger partial charge >= 0.3 is 5.97 Å². The maximum Gasteiger partial charge on any atom is 0.344 e. The van der Waals surface area contributed by atoms with E-state index in [0.29, 0.717) is 42.1 Å². The van der Waals surface area contributed by atoms with Gasteiger partial charge in [-0.25, -0.2) is 18.6 Å². The summed E-state index contributed by atoms with van der Waals surface area (Å²) in [7, 11) is 0. The summed E-state index contributed by atoms with van der Waals surface area (Å²) in [6.07, 6.45) is -0.958. The highest BCUT2D eigenvalue weighted by Gasteiger charge is 2.21. The van der Waals surface area contributed by atoms with Crippen LogP contribution in [0.4, 0.5) is 8.78 Å². The fourth-order valence-electron chi connectivity index (χ4n) is 3.41. The van der Waals surface area contributed by atoms with Crippen LogP contribution < -0.4 is 14.8 Å². The molecule has 2 N–H and O–H groups in total. The minimum absolute atomic E-state index is 0.264. The van der Waals surface area contributed by atoms with Crippen molar-refractivity contribution in [2.24, 2.45) is 0 Å². The number of hydrogen-bond acceptors (Lipinski definition) is 6. The Bertz CT molecular complexity index is 1290. The van der Waals surface area contributed by atoms with Gasteiger partial charge in [-0.3, -0.25) is 0 Å². The van der Waals surface area contributed by atoms with E-state index in [9.17, 15) is 13.6 Å². The molecule has 9 heteroatoms. The third-order valence-corrected chi connectivity index (χ3v) is 5.21. The summed E-state index contributed by atoms with van der Waals surface area (Å²) in [6, 6.07) is 16.9. The number of oxazole rings is 1. The van der Waals surface area contributed by atoms with Crippen molar-refractivity contribution < 1.29 is 32.6 Å². The van der Waals surface area contributed by atoms with Gasteiger partial charge in [0.25, 0.3) is 0 Å². The van der Waals surface area contributed by atoms with Crippen LogP contribution in [0.25, 0.3) is 11.1 Å². The number of nitrogens with one attached hydrogen (secondary N) is 1. The molecule has 4 rings (SSSR count). The molecule has 0 aliphatic heterocycles. The fourth-order valence-corrected chi connectivity index (χ4v) is 3.41. The highest BCUT2D eigenvalue weighted by molar-refractivity contribution is 5.72. The van der Waals surface area contributed by atoms with E-state index in [1.54, 1.807) is 18.2 Å². The average Bonchev–Trinajstić information content (AvgIpc) is 3.25. The van der Waals surface area contributed by atoms with Crippen molar-refractivity contribution in [2.75, 3.05) is 13.1 Å². The summed E-state index contributed by atoms with van der Waals surface area (Å²) >= 11 is 0. The van der Waals surface area contributed by atoms with Crippen LogP contribution in [0.3, 0.4) is 0 Å². The van der Waals surface area contributed by atoms with Crippen molar-refractivity contribution in [3.8, 4) is 11.5 Å². The molecule has 0 spiro atoms. The average molecular weight is 482 g/mol. The van der Waals surface area contributed by atoms with E-state index in [1.165, 1.54) is 49.4 Å². The molecule has 0 saturated carbocycles. The normalized spacial score (nSPS) is 12.9. The summed E-state index contributed by atoms with van der Waals surface area (Å²) in [4.78, 5) is 15.4. The molecule has 0 fully saturated rings. The number of halogens is 2. The lowest BCUT2D eigenvalue weighted by atomic mass is 10.1. The standard InChI is InChI=1S/C26H24F2N2O5/c1-16(26(31)32)33-21-4-2-3-17(13-21)11-12-29-15-24(34-20-8-5-18(27)6-9-20)25-30-22-14-19(28)7-10-23(22)35-25/h2-10,13-14,16,24,29H,11-12,15H2,1H3,(H,31,32). The Labute approximate surface area is 200 Å². The molecule has 4 aromatic rings. The van der Waals surface area contributed by atoms with Crippen LogP contribution in [0, 0.1) is 11.6 Å². The third kappa shape index (κ3) is 6.54. The van der Waals surface area contributed by atoms with Crippen molar-refractivity contribution >= 4 is 17.1 Å². The van der Waals surface area contributed by atoms with Gasteiger partial charge < -0.3 is 24.3 Å². The number of carbonyl (C=O) groups is 1. The first-order valence-electron chi connectivity index (χ1n) is 11.0. The van der Waals surface area contributed by atoms with Crippen molar-refractivity contribution in [3.63, 3.8) is 0 Å². The smallest absolute Gasteiger partial charge is 0.344 e. The molecule has 0 bridgehead atoms. The number of hydrogen-bond donors (Lipinski definition) is 2. The zero-order valence-corrected chi connectivity index (χ0v) is 18.9. The second-order valence-electron chi connectivity index (χ2n) is 7.92. The van der Waals surface area contributed by atoms with Crippen LogP contribution in [-0.4, -0.2) is 35.3 Å². The van der Waals surface area contributed by atoms with Gasteiger partial charge in [0.05, 0.1) is 0 Å². The van der Waals surface area contributed by atoms with Gasteiger partial charge in [-0.1, -0.05) is 12.1 Å². The van der Waals surface area contributed by atoms with E-state index in [4.69, 9.17) is 19.0 Å². The SMILES string of the molecule is CC(Oc1cccc(CCNCC(Oc2ccc(F)cc2)c2nc3cc(F)ccc3o2)c1)C(=O)O. The first-order chi connectivity index (χ1) is 16.9. The number of rotatable bonds is 11. The fraction of sp³-hybridized carbons (Fsp3) is 0.231. The molecular weight excluding hydrogens is 458 g/mol. The molecule has 7 nitrogen and oxygen atoms in total. The van der Waals surface area contributed by atoms with E-state index in [2.05, 4.69) is 10.3 Å². The Balaban J connectivity index is 1.41. The van der Waals surface area contributed by atoms with E-state index < -0.39 is 24.0 Å². The lowest BCUT2D eigenvalue weighted by Gasteiger charge is -2.17. The number of ether oxygens (including phenoxy) is 2. The molecule has 182 valence electrons. The number of aromatic nitrogens is 1. The predicted octanol–water partition coefficient (Wildman–Crippen LogP) is 4.91. The van der Waals surface area contributed by atoms with E-state index in [0.717, 1.165) is 5.56 Å². The zero-order chi connectivity index (χ0) is 24.8. The molecular formula is C26H24F2N2O5. The molecule has 0 radical (unpaired) electrons. The lowest BCUT2D eigenvalue weighted by Crippen LogP contribution is -2.27. The number of nitrogens with zero attached hydrogens (tertiary/aromatic N) is 1. The van der Waals surface area contributed by atoms with Gasteiger partial charge in [0, 0.05) is 12.6 Å². The van der Waals surface area contributed by atoms with Crippen LogP contribution >= 0.6 is 0 Å². The van der Waals surface area contributed by atoms with Crippen LogP contribution in [0.2, 0.25) is 0 Å². The Morgan fingerprint density at radius 3 is 2.57 bits per heavy atom. The number of carboxylic acid groups (broad SMARTS) is 1. The molecule has 2 atom stereocenters. The van der Waals surface area contributed by atoms with Crippen LogP contribution in [0.1, 0.15) is 24.5 Å². The minimum Gasteiger partial charge on any atom is -0.479 e. The predicted molar refractivity (Wildman–Crippen MR) is 124 cm³/mol. The van der Waals surface area contributed by atoms with Crippen LogP contribution in [-0.2, 0) is 11.2 Å². The van der Waals surface area contributed by atoms with E-state index in [-0.39, 0.29) is 11.7 Å². The summed E-state index contributed by atoms with van der Waals surface area (Å²) in [5, 5.41) is 12.3. The van der Waals surface area contributed by atoms with Crippen molar-refractivity contribution in [1.29, 1.82) is 0 Å². The molecule has 0 aliphatic rings. The van der Waals surface area contributed by atoms with Gasteiger partial charge in [-0.2, -0.15) is 0 Å². The maximum absolute atomic E-state index is 13.6. The second-order valence-corrected chi connectivity index (χ2v) is 7.92. The number of benzene rings is 3. The number of fused-ring (bicyclic) bond motifs is 1. The number of aliphatic carboxylic acids is 1. The molecule has 0 saturated heterocycles. The topological polar surface area (TPSA) is 93.8 Å². The summed E-state index contributed by atoms with van der Waals surface area (Å²) in [5.74, 6) is -0.659. The van der Waals surface area contributed by atoms with Crippen LogP contribution in [0.15, 0.2) is 71.1 Å². The molecule has 0 aliphatic carbocycles. The minimum atomic E-state index is -1.04. The quantitative estimate of drug-likeness (QED) is 0.293. The zero-order valence-electron chi connectivity index (χ0n) is 18.9. The molecule has 3 aromatic carbocycles. The van der Waals surface area contributed by atoms with Gasteiger partial charge in [-0.05, 0) is 74.0 Å². The Morgan fingerprint density at radius 1 is 1.03 bits per heavy atom. The second kappa shape index (κ2) is 11.0. The van der Waals surface area contributed by atoms with Crippen LogP contribution in [0.5, 0.6) is 11.5 Å². The molecule has 35 heavy (non-hydrogen) atoms. The first kappa shape index (κ1) is 24.2. The number of carboxylic acids is 1. The maximum atomic E-state index is 13.6. The Kier molecular flexibility index (Phi) is 7.57. The highest BCUT2D eigenvalue weighted by Crippen LogP contribution is 2.25. The van der Waals surface area contributed by atoms with Crippen molar-refractivity contribution in [3.05, 3.63) is 89.8 Å². The summed E-state index contributed by atoms with van der Waals surface area (Å²) < 4.78 is 44.1. The largest absolute Gasteiger partial charge is 0.479 e. The van der Waals surface area contributed by atoms with E-state index in [1.807, 2.05) is 6.07 Å². The monoisotopic (exact) mass is 482 g/mol. The Morgan fingerprint density at radius 2 is 1.80 bits per heavy atom. The highest BCUT2D eigenvalue weighted by atomic mass is 19.1. The van der Waals surface area contributed by atoms with Gasteiger partial charge in [0.2, 0.25) is 5.89 Å². The van der Waals surface area contributed by atoms with E-state index >= 15 is 0 Å². The van der Waals surface area contributed by atoms with Crippen molar-refractivity contribution in [2.45, 2.75) is 25.6 Å². The molecule has 1 heterocycles.